The third-order valence-corrected chi connectivity index (χ3v) is 3.19. The van der Waals surface area contributed by atoms with Gasteiger partial charge in [-0.3, -0.25) is 10.1 Å². The zero-order valence-electron chi connectivity index (χ0n) is 11.8. The highest BCUT2D eigenvalue weighted by atomic mass is 15.3. The number of aromatic nitrogens is 3. The third-order valence-electron chi connectivity index (χ3n) is 3.19. The van der Waals surface area contributed by atoms with Gasteiger partial charge in [0.15, 0.2) is 0 Å². The molecule has 0 atom stereocenters. The Balaban J connectivity index is 1.78. The van der Waals surface area contributed by atoms with Crippen LogP contribution in [0.2, 0.25) is 0 Å². The second-order valence-corrected chi connectivity index (χ2v) is 5.33. The topological polar surface area (TPSA) is 53.9 Å². The number of fused-ring (bicyclic) bond motifs is 1. The number of nitrogens with zero attached hydrogens (tertiary/aromatic N) is 3. The van der Waals surface area contributed by atoms with Crippen LogP contribution in [0.25, 0.3) is 11.0 Å². The summed E-state index contributed by atoms with van der Waals surface area (Å²) in [5.41, 5.74) is 2.89. The summed E-state index contributed by atoms with van der Waals surface area (Å²) >= 11 is 0. The van der Waals surface area contributed by atoms with Gasteiger partial charge in [-0.05, 0) is 18.4 Å². The number of aromatic amines is 1. The second kappa shape index (κ2) is 7.02. The molecule has 0 aliphatic rings. The summed E-state index contributed by atoms with van der Waals surface area (Å²) < 4.78 is 0. The quantitative estimate of drug-likeness (QED) is 0.609. The molecule has 2 rings (SSSR count). The normalized spacial score (nSPS) is 11.9. The molecule has 0 bridgehead atoms. The van der Waals surface area contributed by atoms with Crippen molar-refractivity contribution in [2.75, 3.05) is 6.54 Å². The van der Waals surface area contributed by atoms with Gasteiger partial charge < -0.3 is 0 Å². The molecule has 0 saturated carbocycles. The van der Waals surface area contributed by atoms with Crippen LogP contribution in [-0.4, -0.2) is 28.2 Å². The molecule has 0 saturated heterocycles. The van der Waals surface area contributed by atoms with Gasteiger partial charge in [0.05, 0.1) is 5.52 Å². The van der Waals surface area contributed by atoms with Crippen LogP contribution in [-0.2, 0) is 0 Å². The number of rotatable bonds is 7. The third kappa shape index (κ3) is 4.16. The highest BCUT2D eigenvalue weighted by molar-refractivity contribution is 5.95. The number of aliphatic imine (C=N–C) groups is 1. The number of nitrogens with one attached hydrogen (secondary N) is 1. The first-order valence-electron chi connectivity index (χ1n) is 7.07. The smallest absolute Gasteiger partial charge is 0.121 e. The monoisotopic (exact) mass is 258 g/mol. The van der Waals surface area contributed by atoms with Crippen molar-refractivity contribution >= 4 is 17.2 Å². The molecular weight excluding hydrogens is 236 g/mol. The predicted molar refractivity (Wildman–Crippen MR) is 79.7 cm³/mol. The molecule has 1 aromatic heterocycles. The molecule has 0 spiro atoms. The molecule has 0 radical (unpaired) electrons. The Kier molecular flexibility index (Phi) is 5.07. The standard InChI is InChI=1S/C15H22N4/c1-12(2)7-4-3-5-10-16-11-13-8-6-9-14-15(13)18-19-17-14/h6,8-9,11-12H,3-5,7,10H2,1-2H3,(H,17,18,19). The molecule has 0 aliphatic carbocycles. The lowest BCUT2D eigenvalue weighted by Gasteiger charge is -2.02. The van der Waals surface area contributed by atoms with Crippen molar-refractivity contribution in [2.24, 2.45) is 10.9 Å². The summed E-state index contributed by atoms with van der Waals surface area (Å²) in [6, 6.07) is 5.98. The molecule has 102 valence electrons. The van der Waals surface area contributed by atoms with E-state index in [0.29, 0.717) is 0 Å². The molecular formula is C15H22N4. The van der Waals surface area contributed by atoms with Crippen LogP contribution < -0.4 is 0 Å². The van der Waals surface area contributed by atoms with Crippen molar-refractivity contribution in [2.45, 2.75) is 39.5 Å². The first kappa shape index (κ1) is 13.7. The molecule has 1 aromatic carbocycles. The fourth-order valence-electron chi connectivity index (χ4n) is 2.09. The van der Waals surface area contributed by atoms with Gasteiger partial charge in [-0.1, -0.05) is 50.5 Å². The molecule has 1 N–H and O–H groups in total. The molecule has 2 aromatic rings. The van der Waals surface area contributed by atoms with Crippen molar-refractivity contribution in [3.63, 3.8) is 0 Å². The summed E-state index contributed by atoms with van der Waals surface area (Å²) in [4.78, 5) is 4.48. The van der Waals surface area contributed by atoms with Crippen molar-refractivity contribution < 1.29 is 0 Å². The van der Waals surface area contributed by atoms with E-state index in [1.54, 1.807) is 0 Å². The van der Waals surface area contributed by atoms with E-state index in [2.05, 4.69) is 34.3 Å². The minimum absolute atomic E-state index is 0.813. The largest absolute Gasteiger partial charge is 0.292 e. The van der Waals surface area contributed by atoms with Gasteiger partial charge in [-0.25, -0.2) is 0 Å². The summed E-state index contributed by atoms with van der Waals surface area (Å²) in [5, 5.41) is 10.7. The Labute approximate surface area is 114 Å². The maximum Gasteiger partial charge on any atom is 0.121 e. The van der Waals surface area contributed by atoms with Crippen LogP contribution in [0.5, 0.6) is 0 Å². The van der Waals surface area contributed by atoms with Crippen molar-refractivity contribution in [1.29, 1.82) is 0 Å². The maximum absolute atomic E-state index is 4.48. The minimum Gasteiger partial charge on any atom is -0.292 e. The molecule has 4 nitrogen and oxygen atoms in total. The first-order chi connectivity index (χ1) is 9.27. The summed E-state index contributed by atoms with van der Waals surface area (Å²) in [7, 11) is 0. The fourth-order valence-corrected chi connectivity index (χ4v) is 2.09. The van der Waals surface area contributed by atoms with E-state index < -0.39 is 0 Å². The lowest BCUT2D eigenvalue weighted by atomic mass is 10.1. The zero-order valence-corrected chi connectivity index (χ0v) is 11.8. The van der Waals surface area contributed by atoms with E-state index in [1.807, 2.05) is 24.4 Å². The van der Waals surface area contributed by atoms with E-state index in [4.69, 9.17) is 0 Å². The van der Waals surface area contributed by atoms with Gasteiger partial charge in [0.2, 0.25) is 0 Å². The van der Waals surface area contributed by atoms with Crippen molar-refractivity contribution in [1.82, 2.24) is 15.4 Å². The van der Waals surface area contributed by atoms with Gasteiger partial charge in [0.25, 0.3) is 0 Å². The number of unbranched alkanes of at least 4 members (excludes halogenated alkanes) is 2. The predicted octanol–water partition coefficient (Wildman–Crippen LogP) is 3.59. The summed E-state index contributed by atoms with van der Waals surface area (Å²) in [6.45, 7) is 5.44. The molecule has 19 heavy (non-hydrogen) atoms. The highest BCUT2D eigenvalue weighted by Crippen LogP contribution is 2.11. The highest BCUT2D eigenvalue weighted by Gasteiger charge is 2.00. The number of H-pyrrole nitrogens is 1. The number of hydrogen-bond donors (Lipinski definition) is 1. The van der Waals surface area contributed by atoms with E-state index in [9.17, 15) is 0 Å². The van der Waals surface area contributed by atoms with Crippen LogP contribution in [0.1, 0.15) is 45.1 Å². The van der Waals surface area contributed by atoms with Crippen LogP contribution >= 0.6 is 0 Å². The Morgan fingerprint density at radius 3 is 3.00 bits per heavy atom. The average molecular weight is 258 g/mol. The van der Waals surface area contributed by atoms with E-state index in [-0.39, 0.29) is 0 Å². The molecule has 4 heteroatoms. The lowest BCUT2D eigenvalue weighted by Crippen LogP contribution is -1.90. The van der Waals surface area contributed by atoms with Crippen LogP contribution in [0.3, 0.4) is 0 Å². The minimum atomic E-state index is 0.813. The SMILES string of the molecule is CC(C)CCCCCN=Cc1cccc2[nH]nnc12. The fraction of sp³-hybridized carbons (Fsp3) is 0.533. The summed E-state index contributed by atoms with van der Waals surface area (Å²) in [5.74, 6) is 0.813. The Morgan fingerprint density at radius 2 is 2.16 bits per heavy atom. The number of benzene rings is 1. The van der Waals surface area contributed by atoms with E-state index in [0.717, 1.165) is 35.5 Å². The van der Waals surface area contributed by atoms with Crippen LogP contribution in [0.4, 0.5) is 0 Å². The van der Waals surface area contributed by atoms with Gasteiger partial charge in [-0.2, -0.15) is 0 Å². The average Bonchev–Trinajstić information content (AvgIpc) is 2.86. The van der Waals surface area contributed by atoms with Crippen LogP contribution in [0, 0.1) is 5.92 Å². The van der Waals surface area contributed by atoms with Crippen molar-refractivity contribution in [3.05, 3.63) is 23.8 Å². The Morgan fingerprint density at radius 1 is 1.26 bits per heavy atom. The summed E-state index contributed by atoms with van der Waals surface area (Å²) in [6.07, 6.45) is 6.98. The maximum atomic E-state index is 4.48. The molecule has 0 unspecified atom stereocenters. The van der Waals surface area contributed by atoms with Gasteiger partial charge >= 0.3 is 0 Å². The first-order valence-corrected chi connectivity index (χ1v) is 7.07. The molecule has 0 aliphatic heterocycles. The number of hydrogen-bond acceptors (Lipinski definition) is 3. The molecule has 1 heterocycles. The zero-order chi connectivity index (χ0) is 13.5. The van der Waals surface area contributed by atoms with Gasteiger partial charge in [-0.15, -0.1) is 5.10 Å². The lowest BCUT2D eigenvalue weighted by molar-refractivity contribution is 0.529. The van der Waals surface area contributed by atoms with Crippen molar-refractivity contribution in [3.8, 4) is 0 Å². The Hall–Kier alpha value is -1.71. The van der Waals surface area contributed by atoms with Gasteiger partial charge in [0, 0.05) is 18.3 Å². The van der Waals surface area contributed by atoms with E-state index in [1.165, 1.54) is 19.3 Å². The second-order valence-electron chi connectivity index (χ2n) is 5.33. The van der Waals surface area contributed by atoms with E-state index >= 15 is 0 Å². The van der Waals surface area contributed by atoms with Crippen LogP contribution in [0.15, 0.2) is 23.2 Å². The Bertz CT molecular complexity index is 528. The molecule has 0 fully saturated rings. The van der Waals surface area contributed by atoms with Gasteiger partial charge in [0.1, 0.15) is 5.52 Å². The molecule has 0 amide bonds.